The molecule has 1 aromatic carbocycles. The molecule has 1 aliphatic rings. The molecule has 1 aromatic heterocycles. The smallest absolute Gasteiger partial charge is 0.267 e. The SMILES string of the molecule is CCCc1nc(C)c(C(=O)N2CSCC2C(=O)Nc2ccc(C)c(C)c2)s1. The summed E-state index contributed by atoms with van der Waals surface area (Å²) in [6.45, 7) is 8.03. The lowest BCUT2D eigenvalue weighted by molar-refractivity contribution is -0.119. The van der Waals surface area contributed by atoms with Crippen LogP contribution in [0.4, 0.5) is 5.69 Å². The fourth-order valence-corrected chi connectivity index (χ4v) is 5.28. The molecule has 2 aromatic rings. The van der Waals surface area contributed by atoms with Crippen molar-refractivity contribution in [2.45, 2.75) is 46.6 Å². The Kier molecular flexibility index (Phi) is 6.22. The summed E-state index contributed by atoms with van der Waals surface area (Å²) in [5, 5.41) is 3.96. The highest BCUT2D eigenvalue weighted by Crippen LogP contribution is 2.28. The number of hydrogen-bond acceptors (Lipinski definition) is 5. The molecule has 1 saturated heterocycles. The second-order valence-electron chi connectivity index (χ2n) is 6.85. The number of thioether (sulfide) groups is 1. The van der Waals surface area contributed by atoms with E-state index in [4.69, 9.17) is 0 Å². The van der Waals surface area contributed by atoms with E-state index >= 15 is 0 Å². The monoisotopic (exact) mass is 403 g/mol. The molecule has 5 nitrogen and oxygen atoms in total. The van der Waals surface area contributed by atoms with Crippen molar-refractivity contribution < 1.29 is 9.59 Å². The third-order valence-corrected chi connectivity index (χ3v) is 6.94. The van der Waals surface area contributed by atoms with Gasteiger partial charge < -0.3 is 10.2 Å². The number of aromatic nitrogens is 1. The molecule has 0 spiro atoms. The van der Waals surface area contributed by atoms with E-state index in [0.29, 0.717) is 16.5 Å². The van der Waals surface area contributed by atoms with Gasteiger partial charge in [0.25, 0.3) is 5.91 Å². The van der Waals surface area contributed by atoms with Crippen LogP contribution in [0, 0.1) is 20.8 Å². The molecule has 1 atom stereocenters. The van der Waals surface area contributed by atoms with Gasteiger partial charge in [-0.2, -0.15) is 0 Å². The lowest BCUT2D eigenvalue weighted by atomic mass is 10.1. The van der Waals surface area contributed by atoms with Crippen molar-refractivity contribution in [1.82, 2.24) is 9.88 Å². The minimum atomic E-state index is -0.458. The number of aryl methyl sites for hydroxylation is 4. The van der Waals surface area contributed by atoms with Crippen LogP contribution >= 0.6 is 23.1 Å². The van der Waals surface area contributed by atoms with E-state index in [1.807, 2.05) is 39.0 Å². The fourth-order valence-electron chi connectivity index (χ4n) is 3.01. The third kappa shape index (κ3) is 4.35. The lowest BCUT2D eigenvalue weighted by Gasteiger charge is -2.22. The largest absolute Gasteiger partial charge is 0.324 e. The van der Waals surface area contributed by atoms with Gasteiger partial charge in [0.1, 0.15) is 10.9 Å². The van der Waals surface area contributed by atoms with Crippen molar-refractivity contribution >= 4 is 40.6 Å². The molecule has 0 aliphatic carbocycles. The molecule has 0 radical (unpaired) electrons. The molecule has 0 saturated carbocycles. The normalized spacial score (nSPS) is 16.6. The van der Waals surface area contributed by atoms with Gasteiger partial charge in [-0.1, -0.05) is 13.0 Å². The first kappa shape index (κ1) is 19.9. The minimum absolute atomic E-state index is 0.0856. The second kappa shape index (κ2) is 8.44. The standard InChI is InChI=1S/C20H25N3O2S2/c1-5-6-17-21-14(4)18(27-17)20(25)23-11-26-10-16(23)19(24)22-15-8-7-12(2)13(3)9-15/h7-9,16H,5-6,10-11H2,1-4H3,(H,22,24). The summed E-state index contributed by atoms with van der Waals surface area (Å²) in [5.41, 5.74) is 3.85. The Morgan fingerprint density at radius 2 is 2.04 bits per heavy atom. The van der Waals surface area contributed by atoms with Crippen molar-refractivity contribution in [3.8, 4) is 0 Å². The van der Waals surface area contributed by atoms with Crippen molar-refractivity contribution in [2.75, 3.05) is 16.9 Å². The van der Waals surface area contributed by atoms with Crippen LogP contribution in [-0.4, -0.2) is 39.4 Å². The molecule has 1 unspecified atom stereocenters. The summed E-state index contributed by atoms with van der Waals surface area (Å²) in [5.74, 6) is 0.928. The molecule has 1 aliphatic heterocycles. The molecular formula is C20H25N3O2S2. The summed E-state index contributed by atoms with van der Waals surface area (Å²) in [4.78, 5) is 32.7. The summed E-state index contributed by atoms with van der Waals surface area (Å²) < 4.78 is 0. The maximum Gasteiger partial charge on any atom is 0.267 e. The van der Waals surface area contributed by atoms with E-state index in [9.17, 15) is 9.59 Å². The first-order valence-corrected chi connectivity index (χ1v) is 11.1. The van der Waals surface area contributed by atoms with Gasteiger partial charge in [-0.3, -0.25) is 9.59 Å². The second-order valence-corrected chi connectivity index (χ2v) is 8.93. The molecule has 1 N–H and O–H groups in total. The first-order chi connectivity index (χ1) is 12.9. The van der Waals surface area contributed by atoms with Gasteiger partial charge in [-0.05, 0) is 56.9 Å². The number of rotatable bonds is 5. The molecule has 0 bridgehead atoms. The van der Waals surface area contributed by atoms with E-state index < -0.39 is 6.04 Å². The van der Waals surface area contributed by atoms with Crippen LogP contribution in [-0.2, 0) is 11.2 Å². The van der Waals surface area contributed by atoms with E-state index in [1.54, 1.807) is 16.7 Å². The van der Waals surface area contributed by atoms with Gasteiger partial charge in [0.15, 0.2) is 0 Å². The number of amides is 2. The van der Waals surface area contributed by atoms with Crippen molar-refractivity contribution in [1.29, 1.82) is 0 Å². The van der Waals surface area contributed by atoms with Crippen LogP contribution in [0.5, 0.6) is 0 Å². The molecule has 7 heteroatoms. The van der Waals surface area contributed by atoms with Gasteiger partial charge in [0, 0.05) is 11.4 Å². The topological polar surface area (TPSA) is 62.3 Å². The molecule has 144 valence electrons. The van der Waals surface area contributed by atoms with Crippen LogP contribution in [0.25, 0.3) is 0 Å². The van der Waals surface area contributed by atoms with Crippen molar-refractivity contribution in [2.24, 2.45) is 0 Å². The minimum Gasteiger partial charge on any atom is -0.324 e. The predicted octanol–water partition coefficient (Wildman–Crippen LogP) is 4.17. The third-order valence-electron chi connectivity index (χ3n) is 4.72. The molecule has 2 heterocycles. The Hall–Kier alpha value is -1.86. The number of benzene rings is 1. The van der Waals surface area contributed by atoms with Gasteiger partial charge >= 0.3 is 0 Å². The van der Waals surface area contributed by atoms with E-state index in [0.717, 1.165) is 34.8 Å². The van der Waals surface area contributed by atoms with Crippen molar-refractivity contribution in [3.63, 3.8) is 0 Å². The molecule has 3 rings (SSSR count). The summed E-state index contributed by atoms with van der Waals surface area (Å²) in [6, 6.07) is 5.40. The molecular weight excluding hydrogens is 378 g/mol. The Morgan fingerprint density at radius 3 is 2.74 bits per heavy atom. The summed E-state index contributed by atoms with van der Waals surface area (Å²) in [7, 11) is 0. The zero-order valence-corrected chi connectivity index (χ0v) is 17.8. The Bertz CT molecular complexity index is 863. The number of thiazole rings is 1. The highest BCUT2D eigenvalue weighted by Gasteiger charge is 2.36. The van der Waals surface area contributed by atoms with Crippen LogP contribution in [0.3, 0.4) is 0 Å². The molecule has 2 amide bonds. The van der Waals surface area contributed by atoms with Gasteiger partial charge in [0.05, 0.1) is 16.6 Å². The van der Waals surface area contributed by atoms with Crippen LogP contribution in [0.2, 0.25) is 0 Å². The zero-order chi connectivity index (χ0) is 19.6. The lowest BCUT2D eigenvalue weighted by Crippen LogP contribution is -2.44. The number of hydrogen-bond donors (Lipinski definition) is 1. The summed E-state index contributed by atoms with van der Waals surface area (Å²) in [6.07, 6.45) is 1.88. The van der Waals surface area contributed by atoms with Crippen LogP contribution < -0.4 is 5.32 Å². The first-order valence-electron chi connectivity index (χ1n) is 9.13. The number of anilines is 1. The van der Waals surface area contributed by atoms with Gasteiger partial charge in [-0.15, -0.1) is 23.1 Å². The molecule has 27 heavy (non-hydrogen) atoms. The Morgan fingerprint density at radius 1 is 1.26 bits per heavy atom. The average Bonchev–Trinajstić information content (AvgIpc) is 3.25. The average molecular weight is 404 g/mol. The highest BCUT2D eigenvalue weighted by molar-refractivity contribution is 7.99. The van der Waals surface area contributed by atoms with Gasteiger partial charge in [-0.25, -0.2) is 4.98 Å². The number of nitrogens with zero attached hydrogens (tertiary/aromatic N) is 2. The van der Waals surface area contributed by atoms with E-state index in [-0.39, 0.29) is 11.8 Å². The number of carbonyl (C=O) groups is 2. The van der Waals surface area contributed by atoms with Crippen LogP contribution in [0.15, 0.2) is 18.2 Å². The Labute approximate surface area is 168 Å². The van der Waals surface area contributed by atoms with E-state index in [1.165, 1.54) is 16.9 Å². The quantitative estimate of drug-likeness (QED) is 0.814. The molecule has 1 fully saturated rings. The predicted molar refractivity (Wildman–Crippen MR) is 113 cm³/mol. The maximum absolute atomic E-state index is 13.1. The number of carbonyl (C=O) groups excluding carboxylic acids is 2. The van der Waals surface area contributed by atoms with Crippen molar-refractivity contribution in [3.05, 3.63) is 44.9 Å². The highest BCUT2D eigenvalue weighted by atomic mass is 32.2. The number of nitrogens with one attached hydrogen (secondary N) is 1. The Balaban J connectivity index is 1.75. The van der Waals surface area contributed by atoms with Crippen LogP contribution in [0.1, 0.15) is 44.8 Å². The zero-order valence-electron chi connectivity index (χ0n) is 16.2. The maximum atomic E-state index is 13.1. The summed E-state index contributed by atoms with van der Waals surface area (Å²) >= 11 is 3.07. The van der Waals surface area contributed by atoms with E-state index in [2.05, 4.69) is 17.2 Å². The fraction of sp³-hybridized carbons (Fsp3) is 0.450. The van der Waals surface area contributed by atoms with Gasteiger partial charge in [0.2, 0.25) is 5.91 Å².